The van der Waals surface area contributed by atoms with Crippen LogP contribution in [0.15, 0.2) is 18.3 Å². The van der Waals surface area contributed by atoms with Crippen LogP contribution in [0, 0.1) is 11.3 Å². The normalized spacial score (nSPS) is 25.3. The SMILES string of the molecule is CN1CCN(CC2CCC(C)(C)CC2)C[C@@H]1CC(=O)Nc1nnc(N[C@@H]2CCN(c3cccnn3)C2)s1. The number of anilines is 3. The number of hydrogen-bond donors (Lipinski definition) is 2. The van der Waals surface area contributed by atoms with Crippen LogP contribution in [0.3, 0.4) is 0 Å². The van der Waals surface area contributed by atoms with E-state index in [0.29, 0.717) is 17.0 Å². The third-order valence-electron chi connectivity index (χ3n) is 8.33. The molecule has 10 nitrogen and oxygen atoms in total. The van der Waals surface area contributed by atoms with Gasteiger partial charge in [-0.15, -0.1) is 15.3 Å². The highest BCUT2D eigenvalue weighted by atomic mass is 32.1. The van der Waals surface area contributed by atoms with Gasteiger partial charge in [-0.3, -0.25) is 4.79 Å². The van der Waals surface area contributed by atoms with Crippen molar-refractivity contribution in [2.75, 3.05) is 61.8 Å². The molecule has 0 unspecified atom stereocenters. The Morgan fingerprint density at radius 3 is 2.68 bits per heavy atom. The van der Waals surface area contributed by atoms with Gasteiger partial charge in [0.15, 0.2) is 5.82 Å². The van der Waals surface area contributed by atoms with E-state index in [2.05, 4.69) is 66.6 Å². The molecule has 5 rings (SSSR count). The van der Waals surface area contributed by atoms with E-state index < -0.39 is 0 Å². The predicted octanol–water partition coefficient (Wildman–Crippen LogP) is 3.18. The highest BCUT2D eigenvalue weighted by molar-refractivity contribution is 7.19. The molecule has 3 fully saturated rings. The summed E-state index contributed by atoms with van der Waals surface area (Å²) in [4.78, 5) is 20.0. The highest BCUT2D eigenvalue weighted by Crippen LogP contribution is 2.38. The number of carbonyl (C=O) groups excluding carboxylic acids is 1. The van der Waals surface area contributed by atoms with Crippen molar-refractivity contribution in [3.63, 3.8) is 0 Å². The fraction of sp³-hybridized carbons (Fsp3) is 0.731. The molecule has 202 valence electrons. The van der Waals surface area contributed by atoms with Gasteiger partial charge in [0, 0.05) is 64.0 Å². The minimum Gasteiger partial charge on any atom is -0.355 e. The predicted molar refractivity (Wildman–Crippen MR) is 148 cm³/mol. The Labute approximate surface area is 224 Å². The van der Waals surface area contributed by atoms with Crippen LogP contribution in [0.2, 0.25) is 0 Å². The van der Waals surface area contributed by atoms with Gasteiger partial charge in [-0.25, -0.2) is 0 Å². The van der Waals surface area contributed by atoms with Crippen LogP contribution in [-0.2, 0) is 4.79 Å². The zero-order valence-electron chi connectivity index (χ0n) is 22.4. The highest BCUT2D eigenvalue weighted by Gasteiger charge is 2.31. The topological polar surface area (TPSA) is 102 Å². The Bertz CT molecular complexity index is 1020. The summed E-state index contributed by atoms with van der Waals surface area (Å²) < 4.78 is 0. The second-order valence-corrected chi connectivity index (χ2v) is 12.8. The summed E-state index contributed by atoms with van der Waals surface area (Å²) in [5.74, 6) is 1.70. The van der Waals surface area contributed by atoms with Gasteiger partial charge in [-0.05, 0) is 62.6 Å². The van der Waals surface area contributed by atoms with Gasteiger partial charge in [0.25, 0.3) is 0 Å². The van der Waals surface area contributed by atoms with Gasteiger partial charge in [0.05, 0.1) is 0 Å². The molecular weight excluding hydrogens is 486 g/mol. The number of amides is 1. The number of rotatable bonds is 8. The van der Waals surface area contributed by atoms with Crippen LogP contribution < -0.4 is 15.5 Å². The van der Waals surface area contributed by atoms with E-state index in [4.69, 9.17) is 0 Å². The molecule has 2 aliphatic heterocycles. The van der Waals surface area contributed by atoms with Crippen LogP contribution in [0.1, 0.15) is 52.4 Å². The molecule has 1 amide bonds. The van der Waals surface area contributed by atoms with Crippen LogP contribution in [0.25, 0.3) is 0 Å². The minimum absolute atomic E-state index is 0.00973. The molecule has 2 N–H and O–H groups in total. The van der Waals surface area contributed by atoms with Crippen LogP contribution >= 0.6 is 11.3 Å². The number of nitrogens with one attached hydrogen (secondary N) is 2. The quantitative estimate of drug-likeness (QED) is 0.536. The maximum Gasteiger partial charge on any atom is 0.227 e. The van der Waals surface area contributed by atoms with Gasteiger partial charge in [0.2, 0.25) is 16.2 Å². The summed E-state index contributed by atoms with van der Waals surface area (Å²) in [6.45, 7) is 10.8. The Balaban J connectivity index is 1.06. The van der Waals surface area contributed by atoms with Crippen LogP contribution in [0.5, 0.6) is 0 Å². The number of hydrogen-bond acceptors (Lipinski definition) is 10. The Kier molecular flexibility index (Phi) is 8.21. The van der Waals surface area contributed by atoms with Crippen molar-refractivity contribution in [3.05, 3.63) is 18.3 Å². The summed E-state index contributed by atoms with van der Waals surface area (Å²) >= 11 is 1.40. The minimum atomic E-state index is 0.00973. The number of aromatic nitrogens is 4. The third kappa shape index (κ3) is 7.14. The number of nitrogens with zero attached hydrogens (tertiary/aromatic N) is 7. The van der Waals surface area contributed by atoms with Gasteiger partial charge < -0.3 is 25.3 Å². The lowest BCUT2D eigenvalue weighted by Crippen LogP contribution is -2.53. The first kappa shape index (κ1) is 26.2. The largest absolute Gasteiger partial charge is 0.355 e. The monoisotopic (exact) mass is 527 g/mol. The van der Waals surface area contributed by atoms with Crippen molar-refractivity contribution in [3.8, 4) is 0 Å². The number of piperazine rings is 1. The van der Waals surface area contributed by atoms with Crippen molar-refractivity contribution >= 4 is 33.3 Å². The van der Waals surface area contributed by atoms with Crippen LogP contribution in [-0.4, -0.2) is 94.5 Å². The lowest BCUT2D eigenvalue weighted by molar-refractivity contribution is -0.117. The molecule has 0 aromatic carbocycles. The van der Waals surface area contributed by atoms with Gasteiger partial charge >= 0.3 is 0 Å². The summed E-state index contributed by atoms with van der Waals surface area (Å²) in [6.07, 6.45) is 8.47. The standard InChI is InChI=1S/C26H41N9OS/c1-26(2)9-6-19(7-10-26)16-34-14-13-33(3)21(18-34)15-23(36)29-25-32-31-24(37-25)28-20-8-12-35(17-20)22-5-4-11-27-30-22/h4-5,11,19-21H,6-10,12-18H2,1-3H3,(H,28,31)(H,29,32,36)/t20-,21+/m1/s1. The van der Waals surface area contributed by atoms with Gasteiger partial charge in [-0.2, -0.15) is 5.10 Å². The third-order valence-corrected chi connectivity index (χ3v) is 9.10. The van der Waals surface area contributed by atoms with E-state index in [-0.39, 0.29) is 18.0 Å². The van der Waals surface area contributed by atoms with E-state index in [9.17, 15) is 4.79 Å². The molecule has 1 saturated carbocycles. The molecule has 0 spiro atoms. The number of carbonyl (C=O) groups is 1. The average molecular weight is 528 g/mol. The summed E-state index contributed by atoms with van der Waals surface area (Å²) in [5, 5.41) is 24.4. The molecule has 2 atom stereocenters. The first-order valence-electron chi connectivity index (χ1n) is 13.7. The van der Waals surface area contributed by atoms with E-state index in [1.165, 1.54) is 43.6 Å². The second kappa shape index (κ2) is 11.6. The Hall–Kier alpha value is -2.37. The lowest BCUT2D eigenvalue weighted by atomic mass is 9.73. The summed E-state index contributed by atoms with van der Waals surface area (Å²) in [5.41, 5.74) is 0.508. The fourth-order valence-electron chi connectivity index (χ4n) is 5.84. The maximum absolute atomic E-state index is 12.9. The molecule has 0 bridgehead atoms. The molecule has 4 heterocycles. The Morgan fingerprint density at radius 2 is 1.89 bits per heavy atom. The molecule has 2 saturated heterocycles. The van der Waals surface area contributed by atoms with Crippen LogP contribution in [0.4, 0.5) is 16.1 Å². The molecular formula is C26H41N9OS. The first-order valence-corrected chi connectivity index (χ1v) is 14.5. The van der Waals surface area contributed by atoms with Crippen molar-refractivity contribution in [1.82, 2.24) is 30.2 Å². The van der Waals surface area contributed by atoms with Crippen molar-refractivity contribution in [1.29, 1.82) is 0 Å². The first-order chi connectivity index (χ1) is 17.8. The molecule has 37 heavy (non-hydrogen) atoms. The molecule has 1 aliphatic carbocycles. The second-order valence-electron chi connectivity index (χ2n) is 11.8. The molecule has 3 aliphatic rings. The van der Waals surface area contributed by atoms with Gasteiger partial charge in [0.1, 0.15) is 0 Å². The maximum atomic E-state index is 12.9. The van der Waals surface area contributed by atoms with E-state index in [0.717, 1.165) is 56.0 Å². The summed E-state index contributed by atoms with van der Waals surface area (Å²) in [6, 6.07) is 4.37. The number of likely N-dealkylation sites (N-methyl/N-ethyl adjacent to an activating group) is 1. The summed E-state index contributed by atoms with van der Waals surface area (Å²) in [7, 11) is 2.14. The molecule has 2 aromatic rings. The van der Waals surface area contributed by atoms with Crippen molar-refractivity contribution < 1.29 is 4.79 Å². The fourth-order valence-corrected chi connectivity index (χ4v) is 6.58. The van der Waals surface area contributed by atoms with E-state index in [1.54, 1.807) is 6.20 Å². The Morgan fingerprint density at radius 1 is 1.08 bits per heavy atom. The molecule has 0 radical (unpaired) electrons. The van der Waals surface area contributed by atoms with Crippen molar-refractivity contribution in [2.45, 2.75) is 64.5 Å². The van der Waals surface area contributed by atoms with E-state index >= 15 is 0 Å². The smallest absolute Gasteiger partial charge is 0.227 e. The average Bonchev–Trinajstić information content (AvgIpc) is 3.53. The molecule has 2 aromatic heterocycles. The zero-order valence-corrected chi connectivity index (χ0v) is 23.2. The zero-order chi connectivity index (χ0) is 25.8. The lowest BCUT2D eigenvalue weighted by Gasteiger charge is -2.42. The van der Waals surface area contributed by atoms with Crippen molar-refractivity contribution in [2.24, 2.45) is 11.3 Å². The molecule has 11 heteroatoms. The van der Waals surface area contributed by atoms with Gasteiger partial charge in [-0.1, -0.05) is 25.2 Å². The van der Waals surface area contributed by atoms with E-state index in [1.807, 2.05) is 12.1 Å².